The molecule has 2 aromatic rings. The predicted molar refractivity (Wildman–Crippen MR) is 53.5 cm³/mol. The Bertz CT molecular complexity index is 464. The number of nitrogens with zero attached hydrogens (tertiary/aromatic N) is 2. The highest BCUT2D eigenvalue weighted by molar-refractivity contribution is 6.28. The van der Waals surface area contributed by atoms with Crippen LogP contribution in [0.15, 0.2) is 36.5 Å². The number of benzene rings is 1. The van der Waals surface area contributed by atoms with Crippen LogP contribution in [-0.2, 0) is 0 Å². The topological polar surface area (TPSA) is 35.0 Å². The van der Waals surface area contributed by atoms with Crippen LogP contribution in [0.3, 0.4) is 0 Å². The second-order valence-corrected chi connectivity index (χ2v) is 3.05. The third-order valence-electron chi connectivity index (χ3n) is 1.64. The van der Waals surface area contributed by atoms with Crippen LogP contribution in [0.4, 0.5) is 4.39 Å². The number of ether oxygens (including phenoxy) is 1. The van der Waals surface area contributed by atoms with Crippen LogP contribution in [0.25, 0.3) is 0 Å². The fraction of sp³-hybridized carbons (Fsp3) is 0. The number of aromatic nitrogens is 2. The molecule has 0 aliphatic heterocycles. The highest BCUT2D eigenvalue weighted by atomic mass is 35.5. The Labute approximate surface area is 90.5 Å². The van der Waals surface area contributed by atoms with E-state index in [9.17, 15) is 4.39 Å². The summed E-state index contributed by atoms with van der Waals surface area (Å²) in [5.41, 5.74) is 0. The first kappa shape index (κ1) is 9.86. The Morgan fingerprint density at radius 1 is 1.20 bits per heavy atom. The van der Waals surface area contributed by atoms with Gasteiger partial charge in [0.15, 0.2) is 0 Å². The van der Waals surface area contributed by atoms with Crippen molar-refractivity contribution < 1.29 is 9.13 Å². The van der Waals surface area contributed by atoms with Crippen molar-refractivity contribution in [2.75, 3.05) is 0 Å². The van der Waals surface area contributed by atoms with Gasteiger partial charge in [-0.25, -0.2) is 4.98 Å². The minimum absolute atomic E-state index is 0.0534. The smallest absolute Gasteiger partial charge is 0.260 e. The van der Waals surface area contributed by atoms with Gasteiger partial charge in [-0.05, 0) is 23.7 Å². The van der Waals surface area contributed by atoms with Crippen LogP contribution in [0.1, 0.15) is 0 Å². The van der Waals surface area contributed by atoms with Crippen molar-refractivity contribution in [1.29, 1.82) is 0 Å². The van der Waals surface area contributed by atoms with Gasteiger partial charge in [-0.15, -0.1) is 0 Å². The van der Waals surface area contributed by atoms with Gasteiger partial charge in [0.2, 0.25) is 11.1 Å². The molecule has 0 aliphatic carbocycles. The molecule has 0 spiro atoms. The average Bonchev–Trinajstić information content (AvgIpc) is 2.25. The molecule has 3 nitrogen and oxygen atoms in total. The number of hydrogen-bond acceptors (Lipinski definition) is 3. The van der Waals surface area contributed by atoms with Gasteiger partial charge in [-0.1, -0.05) is 18.2 Å². The molecule has 1 aromatic heterocycles. The van der Waals surface area contributed by atoms with Crippen molar-refractivity contribution in [2.24, 2.45) is 0 Å². The summed E-state index contributed by atoms with van der Waals surface area (Å²) in [5.74, 6) is -0.337. The molecule has 0 N–H and O–H groups in total. The molecule has 2 rings (SSSR count). The van der Waals surface area contributed by atoms with E-state index >= 15 is 0 Å². The van der Waals surface area contributed by atoms with Gasteiger partial charge in [0, 0.05) is 0 Å². The van der Waals surface area contributed by atoms with E-state index in [1.165, 1.54) is 0 Å². The SMILES string of the molecule is Fc1cnc(Cl)nc1Oc1ccccc1. The molecule has 15 heavy (non-hydrogen) atoms. The third-order valence-corrected chi connectivity index (χ3v) is 1.82. The maximum Gasteiger partial charge on any atom is 0.260 e. The Hall–Kier alpha value is -1.68. The van der Waals surface area contributed by atoms with Crippen LogP contribution in [-0.4, -0.2) is 9.97 Å². The third kappa shape index (κ3) is 2.41. The zero-order chi connectivity index (χ0) is 10.7. The Morgan fingerprint density at radius 2 is 1.93 bits per heavy atom. The molecule has 0 saturated carbocycles. The summed E-state index contributed by atoms with van der Waals surface area (Å²) in [6.45, 7) is 0. The number of halogens is 2. The van der Waals surface area contributed by atoms with Crippen molar-refractivity contribution in [3.63, 3.8) is 0 Å². The lowest BCUT2D eigenvalue weighted by molar-refractivity contribution is 0.420. The van der Waals surface area contributed by atoms with E-state index < -0.39 is 5.82 Å². The molecule has 0 unspecified atom stereocenters. The Balaban J connectivity index is 2.28. The van der Waals surface area contributed by atoms with Crippen LogP contribution in [0.2, 0.25) is 5.28 Å². The maximum atomic E-state index is 13.1. The molecule has 5 heteroatoms. The van der Waals surface area contributed by atoms with Crippen LogP contribution in [0, 0.1) is 5.82 Å². The highest BCUT2D eigenvalue weighted by Gasteiger charge is 2.07. The normalized spacial score (nSPS) is 10.0. The summed E-state index contributed by atoms with van der Waals surface area (Å²) in [6, 6.07) is 8.76. The molecular formula is C10H6ClFN2O. The second-order valence-electron chi connectivity index (χ2n) is 2.71. The van der Waals surface area contributed by atoms with Gasteiger partial charge in [0.25, 0.3) is 5.88 Å². The van der Waals surface area contributed by atoms with Crippen LogP contribution in [0.5, 0.6) is 11.6 Å². The number of hydrogen-bond donors (Lipinski definition) is 0. The molecular weight excluding hydrogens is 219 g/mol. The van der Waals surface area contributed by atoms with Crippen molar-refractivity contribution in [3.8, 4) is 11.6 Å². The van der Waals surface area contributed by atoms with Gasteiger partial charge >= 0.3 is 0 Å². The Morgan fingerprint density at radius 3 is 2.67 bits per heavy atom. The van der Waals surface area contributed by atoms with E-state index in [4.69, 9.17) is 16.3 Å². The molecule has 0 aliphatic rings. The highest BCUT2D eigenvalue weighted by Crippen LogP contribution is 2.22. The molecule has 0 atom stereocenters. The van der Waals surface area contributed by atoms with Gasteiger partial charge < -0.3 is 4.74 Å². The first-order valence-electron chi connectivity index (χ1n) is 4.16. The summed E-state index contributed by atoms with van der Waals surface area (Å²) < 4.78 is 18.3. The van der Waals surface area contributed by atoms with Gasteiger partial charge in [0.05, 0.1) is 6.20 Å². The zero-order valence-corrected chi connectivity index (χ0v) is 8.28. The van der Waals surface area contributed by atoms with E-state index in [2.05, 4.69) is 9.97 Å². The fourth-order valence-corrected chi connectivity index (χ4v) is 1.13. The summed E-state index contributed by atoms with van der Waals surface area (Å²) in [5, 5.41) is -0.0534. The van der Waals surface area contributed by atoms with Crippen LogP contribution < -0.4 is 4.74 Å². The van der Waals surface area contributed by atoms with E-state index in [0.29, 0.717) is 5.75 Å². The van der Waals surface area contributed by atoms with Crippen LogP contribution >= 0.6 is 11.6 Å². The molecule has 0 fully saturated rings. The number of rotatable bonds is 2. The molecule has 0 amide bonds. The van der Waals surface area contributed by atoms with Crippen molar-refractivity contribution in [3.05, 3.63) is 47.6 Å². The first-order valence-corrected chi connectivity index (χ1v) is 4.54. The lowest BCUT2D eigenvalue weighted by Gasteiger charge is -2.04. The minimum Gasteiger partial charge on any atom is -0.436 e. The Kier molecular flexibility index (Phi) is 2.78. The lowest BCUT2D eigenvalue weighted by Crippen LogP contribution is -1.93. The van der Waals surface area contributed by atoms with E-state index in [-0.39, 0.29) is 11.2 Å². The molecule has 0 bridgehead atoms. The average molecular weight is 225 g/mol. The van der Waals surface area contributed by atoms with Gasteiger partial charge in [-0.3, -0.25) is 0 Å². The number of para-hydroxylation sites is 1. The van der Waals surface area contributed by atoms with Gasteiger partial charge in [-0.2, -0.15) is 9.37 Å². The van der Waals surface area contributed by atoms with Crippen molar-refractivity contribution >= 4 is 11.6 Å². The predicted octanol–water partition coefficient (Wildman–Crippen LogP) is 3.06. The fourth-order valence-electron chi connectivity index (χ4n) is 1.00. The summed E-state index contributed by atoms with van der Waals surface area (Å²) >= 11 is 5.51. The standard InChI is InChI=1S/C10H6ClFN2O/c11-10-13-6-8(12)9(14-10)15-7-4-2-1-3-5-7/h1-6H. The van der Waals surface area contributed by atoms with E-state index in [1.807, 2.05) is 6.07 Å². The quantitative estimate of drug-likeness (QED) is 0.736. The summed E-state index contributed by atoms with van der Waals surface area (Å²) in [4.78, 5) is 7.11. The maximum absolute atomic E-state index is 13.1. The van der Waals surface area contributed by atoms with Gasteiger partial charge in [0.1, 0.15) is 5.75 Å². The molecule has 0 saturated heterocycles. The monoisotopic (exact) mass is 224 g/mol. The van der Waals surface area contributed by atoms with Crippen molar-refractivity contribution in [2.45, 2.75) is 0 Å². The largest absolute Gasteiger partial charge is 0.436 e. The molecule has 76 valence electrons. The first-order chi connectivity index (χ1) is 7.25. The van der Waals surface area contributed by atoms with E-state index in [0.717, 1.165) is 6.20 Å². The minimum atomic E-state index is -0.650. The van der Waals surface area contributed by atoms with E-state index in [1.54, 1.807) is 24.3 Å². The summed E-state index contributed by atoms with van der Waals surface area (Å²) in [6.07, 6.45) is 0.966. The second kappa shape index (κ2) is 4.23. The molecule has 1 heterocycles. The molecule has 0 radical (unpaired) electrons. The zero-order valence-electron chi connectivity index (χ0n) is 7.52. The summed E-state index contributed by atoms with van der Waals surface area (Å²) in [7, 11) is 0. The van der Waals surface area contributed by atoms with Crippen molar-refractivity contribution in [1.82, 2.24) is 9.97 Å². The lowest BCUT2D eigenvalue weighted by atomic mass is 10.3. The molecule has 1 aromatic carbocycles.